The number of hydrogen-bond donors (Lipinski definition) is 2. The maximum atomic E-state index is 11.9. The molecule has 3 aromatic rings. The topological polar surface area (TPSA) is 130 Å². The highest BCUT2D eigenvalue weighted by molar-refractivity contribution is 5.69. The molecule has 0 bridgehead atoms. The van der Waals surface area contributed by atoms with Crippen LogP contribution in [0.3, 0.4) is 0 Å². The number of aromatic nitrogens is 2. The molecular formula is C23H25N5O6. The summed E-state index contributed by atoms with van der Waals surface area (Å²) < 4.78 is 21.6. The first-order valence-electron chi connectivity index (χ1n) is 10.5. The summed E-state index contributed by atoms with van der Waals surface area (Å²) in [5.41, 5.74) is 2.63. The van der Waals surface area contributed by atoms with Crippen LogP contribution in [0.2, 0.25) is 0 Å². The summed E-state index contributed by atoms with van der Waals surface area (Å²) in [4.78, 5) is 19.6. The predicted octanol–water partition coefficient (Wildman–Crippen LogP) is 3.57. The average Bonchev–Trinajstić information content (AvgIpc) is 3.33. The molecule has 0 fully saturated rings. The number of nitro groups is 1. The van der Waals surface area contributed by atoms with Crippen molar-refractivity contribution in [1.82, 2.24) is 9.97 Å². The molecule has 4 rings (SSSR count). The van der Waals surface area contributed by atoms with Crippen molar-refractivity contribution in [3.05, 3.63) is 63.5 Å². The summed E-state index contributed by atoms with van der Waals surface area (Å²) in [5.74, 6) is 2.54. The number of fused-ring (bicyclic) bond motifs is 1. The second kappa shape index (κ2) is 10.1. The van der Waals surface area contributed by atoms with Crippen LogP contribution in [0, 0.1) is 10.1 Å². The fourth-order valence-corrected chi connectivity index (χ4v) is 3.77. The number of methoxy groups -OCH3 is 3. The van der Waals surface area contributed by atoms with Crippen molar-refractivity contribution in [3.8, 4) is 23.0 Å². The van der Waals surface area contributed by atoms with E-state index >= 15 is 0 Å². The van der Waals surface area contributed by atoms with E-state index in [4.69, 9.17) is 18.9 Å². The molecule has 0 unspecified atom stereocenters. The Morgan fingerprint density at radius 1 is 0.971 bits per heavy atom. The standard InChI is InChI=1S/C23H25N5O6/c1-31-18-9-15(10-19(32-2)21(18)33-3)12-25-23-20(28(29)30)22(26-13-27-23)24-11-14-4-5-17-16(8-14)6-7-34-17/h4-5,8-10,13H,6-7,11-12H2,1-3H3,(H2,24,25,26,27). The van der Waals surface area contributed by atoms with Crippen LogP contribution in [0.4, 0.5) is 17.3 Å². The number of nitrogens with zero attached hydrogens (tertiary/aromatic N) is 3. The van der Waals surface area contributed by atoms with Crippen LogP contribution in [0.1, 0.15) is 16.7 Å². The maximum absolute atomic E-state index is 11.9. The van der Waals surface area contributed by atoms with Crippen LogP contribution in [-0.4, -0.2) is 42.8 Å². The summed E-state index contributed by atoms with van der Waals surface area (Å²) in [6, 6.07) is 9.40. The zero-order chi connectivity index (χ0) is 24.1. The van der Waals surface area contributed by atoms with Gasteiger partial charge in [-0.2, -0.15) is 0 Å². The van der Waals surface area contributed by atoms with Crippen LogP contribution >= 0.6 is 0 Å². The number of anilines is 2. The van der Waals surface area contributed by atoms with Gasteiger partial charge in [-0.05, 0) is 34.9 Å². The van der Waals surface area contributed by atoms with E-state index in [1.165, 1.54) is 27.7 Å². The predicted molar refractivity (Wildman–Crippen MR) is 125 cm³/mol. The van der Waals surface area contributed by atoms with Gasteiger partial charge in [0.15, 0.2) is 11.5 Å². The Labute approximate surface area is 196 Å². The van der Waals surface area contributed by atoms with Gasteiger partial charge in [0, 0.05) is 19.5 Å². The highest BCUT2D eigenvalue weighted by Crippen LogP contribution is 2.38. The molecule has 178 valence electrons. The first kappa shape index (κ1) is 22.9. The Hall–Kier alpha value is -4.28. The van der Waals surface area contributed by atoms with Gasteiger partial charge >= 0.3 is 5.69 Å². The third kappa shape index (κ3) is 4.72. The summed E-state index contributed by atoms with van der Waals surface area (Å²) >= 11 is 0. The Kier molecular flexibility index (Phi) is 6.81. The minimum Gasteiger partial charge on any atom is -0.493 e. The molecule has 0 saturated heterocycles. The molecule has 2 aromatic carbocycles. The van der Waals surface area contributed by atoms with Crippen LogP contribution in [0.25, 0.3) is 0 Å². The van der Waals surface area contributed by atoms with Gasteiger partial charge in [0.25, 0.3) is 0 Å². The van der Waals surface area contributed by atoms with Gasteiger partial charge in [0.05, 0.1) is 32.9 Å². The van der Waals surface area contributed by atoms with Crippen molar-refractivity contribution in [3.63, 3.8) is 0 Å². The van der Waals surface area contributed by atoms with Gasteiger partial charge < -0.3 is 29.6 Å². The molecule has 11 nitrogen and oxygen atoms in total. The van der Waals surface area contributed by atoms with E-state index in [1.54, 1.807) is 12.1 Å². The summed E-state index contributed by atoms with van der Waals surface area (Å²) in [6.07, 6.45) is 2.13. The third-order valence-corrected chi connectivity index (χ3v) is 5.40. The average molecular weight is 467 g/mol. The first-order chi connectivity index (χ1) is 16.5. The van der Waals surface area contributed by atoms with E-state index in [9.17, 15) is 10.1 Å². The zero-order valence-electron chi connectivity index (χ0n) is 19.1. The van der Waals surface area contributed by atoms with Crippen molar-refractivity contribution >= 4 is 17.3 Å². The molecule has 1 aliphatic rings. The first-order valence-corrected chi connectivity index (χ1v) is 10.5. The smallest absolute Gasteiger partial charge is 0.353 e. The molecule has 11 heteroatoms. The molecule has 2 N–H and O–H groups in total. The van der Waals surface area contributed by atoms with E-state index in [0.717, 1.165) is 28.9 Å². The zero-order valence-corrected chi connectivity index (χ0v) is 19.1. The van der Waals surface area contributed by atoms with Crippen molar-refractivity contribution in [2.45, 2.75) is 19.5 Å². The number of benzene rings is 2. The van der Waals surface area contributed by atoms with Gasteiger partial charge in [-0.25, -0.2) is 9.97 Å². The van der Waals surface area contributed by atoms with Crippen molar-refractivity contribution in [1.29, 1.82) is 0 Å². The molecule has 0 aliphatic carbocycles. The van der Waals surface area contributed by atoms with E-state index in [0.29, 0.717) is 30.4 Å². The monoisotopic (exact) mass is 467 g/mol. The fraction of sp³-hybridized carbons (Fsp3) is 0.304. The van der Waals surface area contributed by atoms with Crippen LogP contribution in [0.5, 0.6) is 23.0 Å². The van der Waals surface area contributed by atoms with Crippen molar-refractivity contribution in [2.75, 3.05) is 38.6 Å². The molecule has 2 heterocycles. The maximum Gasteiger partial charge on any atom is 0.353 e. The molecule has 0 atom stereocenters. The molecule has 0 radical (unpaired) electrons. The van der Waals surface area contributed by atoms with Gasteiger partial charge in [-0.3, -0.25) is 10.1 Å². The summed E-state index contributed by atoms with van der Waals surface area (Å²) in [6.45, 7) is 1.28. The van der Waals surface area contributed by atoms with Crippen molar-refractivity contribution < 1.29 is 23.9 Å². The molecular weight excluding hydrogens is 442 g/mol. The summed E-state index contributed by atoms with van der Waals surface area (Å²) in [5, 5.41) is 18.0. The Morgan fingerprint density at radius 2 is 1.62 bits per heavy atom. The fourth-order valence-electron chi connectivity index (χ4n) is 3.77. The number of hydrogen-bond acceptors (Lipinski definition) is 10. The quantitative estimate of drug-likeness (QED) is 0.337. The number of nitrogens with one attached hydrogen (secondary N) is 2. The Balaban J connectivity index is 1.53. The van der Waals surface area contributed by atoms with Gasteiger partial charge in [0.1, 0.15) is 12.1 Å². The Bertz CT molecular complexity index is 1180. The molecule has 0 saturated carbocycles. The second-order valence-corrected chi connectivity index (χ2v) is 7.46. The Morgan fingerprint density at radius 3 is 2.21 bits per heavy atom. The third-order valence-electron chi connectivity index (χ3n) is 5.40. The lowest BCUT2D eigenvalue weighted by atomic mass is 10.1. The second-order valence-electron chi connectivity index (χ2n) is 7.46. The lowest BCUT2D eigenvalue weighted by Gasteiger charge is -2.15. The number of rotatable bonds is 10. The van der Waals surface area contributed by atoms with Crippen LogP contribution in [-0.2, 0) is 19.5 Å². The molecule has 1 aliphatic heterocycles. The van der Waals surface area contributed by atoms with E-state index in [1.807, 2.05) is 18.2 Å². The normalized spacial score (nSPS) is 11.9. The highest BCUT2D eigenvalue weighted by Gasteiger charge is 2.23. The van der Waals surface area contributed by atoms with Gasteiger partial charge in [0.2, 0.25) is 17.4 Å². The largest absolute Gasteiger partial charge is 0.493 e. The summed E-state index contributed by atoms with van der Waals surface area (Å²) in [7, 11) is 4.57. The van der Waals surface area contributed by atoms with E-state index < -0.39 is 4.92 Å². The SMILES string of the molecule is COc1cc(CNc2ncnc(NCc3ccc4c(c3)CCO4)c2[N+](=O)[O-])cc(OC)c1OC. The van der Waals surface area contributed by atoms with Gasteiger partial charge in [-0.15, -0.1) is 0 Å². The minimum atomic E-state index is -0.504. The van der Waals surface area contributed by atoms with Crippen LogP contribution < -0.4 is 29.6 Å². The van der Waals surface area contributed by atoms with Crippen molar-refractivity contribution in [2.24, 2.45) is 0 Å². The molecule has 0 amide bonds. The lowest BCUT2D eigenvalue weighted by Crippen LogP contribution is -2.10. The minimum absolute atomic E-state index is 0.0959. The highest BCUT2D eigenvalue weighted by atomic mass is 16.6. The molecule has 1 aromatic heterocycles. The van der Waals surface area contributed by atoms with Gasteiger partial charge in [-0.1, -0.05) is 12.1 Å². The van der Waals surface area contributed by atoms with Crippen LogP contribution in [0.15, 0.2) is 36.7 Å². The molecule has 0 spiro atoms. The molecule has 34 heavy (non-hydrogen) atoms. The van der Waals surface area contributed by atoms with E-state index in [-0.39, 0.29) is 23.9 Å². The lowest BCUT2D eigenvalue weighted by molar-refractivity contribution is -0.383. The number of ether oxygens (including phenoxy) is 4. The van der Waals surface area contributed by atoms with E-state index in [2.05, 4.69) is 20.6 Å².